The first-order valence-corrected chi connectivity index (χ1v) is 9.77. The van der Waals surface area contributed by atoms with Crippen LogP contribution in [0.5, 0.6) is 0 Å². The van der Waals surface area contributed by atoms with Gasteiger partial charge in [-0.1, -0.05) is 30.3 Å². The number of anilines is 1. The van der Waals surface area contributed by atoms with E-state index in [4.69, 9.17) is 0 Å². The molecule has 5 heteroatoms. The Morgan fingerprint density at radius 1 is 1.15 bits per heavy atom. The van der Waals surface area contributed by atoms with Gasteiger partial charge in [-0.05, 0) is 64.5 Å². The van der Waals surface area contributed by atoms with E-state index >= 15 is 0 Å². The van der Waals surface area contributed by atoms with Crippen LogP contribution in [0.3, 0.4) is 0 Å². The zero-order valence-corrected chi connectivity index (χ0v) is 16.8. The molecule has 1 aliphatic heterocycles. The molecule has 0 aliphatic carbocycles. The second kappa shape index (κ2) is 8.07. The second-order valence-electron chi connectivity index (χ2n) is 8.52. The Morgan fingerprint density at radius 2 is 1.81 bits per heavy atom. The molecule has 0 unspecified atom stereocenters. The largest absolute Gasteiger partial charge is 0.350 e. The van der Waals surface area contributed by atoms with Crippen molar-refractivity contribution in [2.45, 2.75) is 52.5 Å². The molecular weight excluding hydrogens is 336 g/mol. The molecule has 27 heavy (non-hydrogen) atoms. The summed E-state index contributed by atoms with van der Waals surface area (Å²) in [6.45, 7) is 9.65. The van der Waals surface area contributed by atoms with Gasteiger partial charge < -0.3 is 10.2 Å². The van der Waals surface area contributed by atoms with Crippen LogP contribution in [-0.2, 0) is 6.42 Å². The number of carbonyl (C=O) groups is 1. The number of rotatable bonds is 4. The predicted molar refractivity (Wildman–Crippen MR) is 109 cm³/mol. The van der Waals surface area contributed by atoms with Crippen molar-refractivity contribution >= 4 is 11.9 Å². The van der Waals surface area contributed by atoms with E-state index < -0.39 is 0 Å². The minimum absolute atomic E-state index is 0.00983. The van der Waals surface area contributed by atoms with E-state index in [1.165, 1.54) is 5.56 Å². The summed E-state index contributed by atoms with van der Waals surface area (Å²) in [6, 6.07) is 12.4. The van der Waals surface area contributed by atoms with Gasteiger partial charge in [-0.25, -0.2) is 9.97 Å². The fourth-order valence-corrected chi connectivity index (χ4v) is 3.52. The smallest absolute Gasteiger partial charge is 0.272 e. The van der Waals surface area contributed by atoms with Gasteiger partial charge in [-0.3, -0.25) is 4.79 Å². The maximum atomic E-state index is 12.9. The molecule has 0 bridgehead atoms. The molecular formula is C22H30N4O. The molecule has 3 rings (SSSR count). The third-order valence-corrected chi connectivity index (χ3v) is 4.83. The van der Waals surface area contributed by atoms with Gasteiger partial charge in [0.15, 0.2) is 0 Å². The number of hydrogen-bond acceptors (Lipinski definition) is 4. The summed E-state index contributed by atoms with van der Waals surface area (Å²) in [4.78, 5) is 23.8. The Bertz CT molecular complexity index is 775. The summed E-state index contributed by atoms with van der Waals surface area (Å²) in [6.07, 6.45) is 3.17. The van der Waals surface area contributed by atoms with Gasteiger partial charge in [-0.2, -0.15) is 0 Å². The Labute approximate surface area is 162 Å². The van der Waals surface area contributed by atoms with E-state index in [2.05, 4.69) is 66.4 Å². The van der Waals surface area contributed by atoms with E-state index in [0.717, 1.165) is 38.0 Å². The number of carbonyl (C=O) groups excluding carboxylic acids is 1. The zero-order chi connectivity index (χ0) is 19.4. The number of aromatic nitrogens is 2. The third-order valence-electron chi connectivity index (χ3n) is 4.83. The Hall–Kier alpha value is -2.43. The van der Waals surface area contributed by atoms with Crippen molar-refractivity contribution in [2.75, 3.05) is 18.4 Å². The summed E-state index contributed by atoms with van der Waals surface area (Å²) in [5.41, 5.74) is 2.52. The third kappa shape index (κ3) is 5.52. The highest BCUT2D eigenvalue weighted by molar-refractivity contribution is 5.92. The SMILES string of the molecule is Cc1cc(C(=O)N2CCC(Cc3ccccc3)CC2)nc(NC(C)(C)C)n1. The van der Waals surface area contributed by atoms with Crippen LogP contribution in [0.4, 0.5) is 5.95 Å². The van der Waals surface area contributed by atoms with E-state index in [1.54, 1.807) is 6.07 Å². The van der Waals surface area contributed by atoms with E-state index in [9.17, 15) is 4.79 Å². The number of aryl methyl sites for hydroxylation is 1. The van der Waals surface area contributed by atoms with Crippen molar-refractivity contribution in [1.29, 1.82) is 0 Å². The Balaban J connectivity index is 1.62. The van der Waals surface area contributed by atoms with Crippen LogP contribution < -0.4 is 5.32 Å². The summed E-state index contributed by atoms with van der Waals surface area (Å²) < 4.78 is 0. The van der Waals surface area contributed by atoms with Gasteiger partial charge in [0.2, 0.25) is 5.95 Å². The van der Waals surface area contributed by atoms with Crippen LogP contribution in [0, 0.1) is 12.8 Å². The maximum absolute atomic E-state index is 12.9. The van der Waals surface area contributed by atoms with E-state index in [0.29, 0.717) is 17.6 Å². The molecule has 1 N–H and O–H groups in total. The van der Waals surface area contributed by atoms with Crippen LogP contribution in [-0.4, -0.2) is 39.4 Å². The average molecular weight is 367 g/mol. The standard InChI is InChI=1S/C22H30N4O/c1-16-14-19(24-21(23-16)25-22(2,3)4)20(27)26-12-10-18(11-13-26)15-17-8-6-5-7-9-17/h5-9,14,18H,10-13,15H2,1-4H3,(H,23,24,25). The summed E-state index contributed by atoms with van der Waals surface area (Å²) >= 11 is 0. The molecule has 1 aliphatic rings. The molecule has 0 saturated carbocycles. The summed E-state index contributed by atoms with van der Waals surface area (Å²) in [5.74, 6) is 1.17. The molecule has 2 aromatic rings. The number of piperidine rings is 1. The molecule has 1 saturated heterocycles. The lowest BCUT2D eigenvalue weighted by Gasteiger charge is -2.32. The van der Waals surface area contributed by atoms with Crippen molar-refractivity contribution in [2.24, 2.45) is 5.92 Å². The van der Waals surface area contributed by atoms with Crippen molar-refractivity contribution in [3.8, 4) is 0 Å². The predicted octanol–water partition coefficient (Wildman–Crippen LogP) is 4.09. The summed E-state index contributed by atoms with van der Waals surface area (Å²) in [7, 11) is 0. The lowest BCUT2D eigenvalue weighted by atomic mass is 9.90. The van der Waals surface area contributed by atoms with Crippen LogP contribution >= 0.6 is 0 Å². The number of benzene rings is 1. The number of nitrogens with one attached hydrogen (secondary N) is 1. The number of amides is 1. The van der Waals surface area contributed by atoms with Crippen LogP contribution in [0.25, 0.3) is 0 Å². The van der Waals surface area contributed by atoms with Crippen molar-refractivity contribution in [3.05, 3.63) is 53.3 Å². The second-order valence-corrected chi connectivity index (χ2v) is 8.52. The van der Waals surface area contributed by atoms with E-state index in [1.807, 2.05) is 11.8 Å². The minimum atomic E-state index is -0.149. The first-order chi connectivity index (χ1) is 12.8. The minimum Gasteiger partial charge on any atom is -0.350 e. The molecule has 5 nitrogen and oxygen atoms in total. The van der Waals surface area contributed by atoms with E-state index in [-0.39, 0.29) is 11.4 Å². The molecule has 0 radical (unpaired) electrons. The van der Waals surface area contributed by atoms with Crippen molar-refractivity contribution in [1.82, 2.24) is 14.9 Å². The van der Waals surface area contributed by atoms with Gasteiger partial charge in [0.1, 0.15) is 5.69 Å². The van der Waals surface area contributed by atoms with Crippen LogP contribution in [0.1, 0.15) is 55.4 Å². The van der Waals surface area contributed by atoms with Crippen LogP contribution in [0.15, 0.2) is 36.4 Å². The summed E-state index contributed by atoms with van der Waals surface area (Å²) in [5, 5.41) is 3.26. The molecule has 1 amide bonds. The maximum Gasteiger partial charge on any atom is 0.272 e. The average Bonchev–Trinajstić information content (AvgIpc) is 2.61. The number of nitrogens with zero attached hydrogens (tertiary/aromatic N) is 3. The number of hydrogen-bond donors (Lipinski definition) is 1. The fourth-order valence-electron chi connectivity index (χ4n) is 3.52. The number of likely N-dealkylation sites (tertiary alicyclic amines) is 1. The Morgan fingerprint density at radius 3 is 2.44 bits per heavy atom. The first kappa shape index (κ1) is 19.3. The van der Waals surface area contributed by atoms with Crippen LogP contribution in [0.2, 0.25) is 0 Å². The highest BCUT2D eigenvalue weighted by Gasteiger charge is 2.25. The van der Waals surface area contributed by atoms with Crippen molar-refractivity contribution in [3.63, 3.8) is 0 Å². The lowest BCUT2D eigenvalue weighted by molar-refractivity contribution is 0.0684. The molecule has 2 heterocycles. The molecule has 0 atom stereocenters. The molecule has 1 aromatic carbocycles. The zero-order valence-electron chi connectivity index (χ0n) is 16.8. The van der Waals surface area contributed by atoms with Gasteiger partial charge >= 0.3 is 0 Å². The molecule has 1 fully saturated rings. The molecule has 144 valence electrons. The van der Waals surface area contributed by atoms with Gasteiger partial charge in [-0.15, -0.1) is 0 Å². The van der Waals surface area contributed by atoms with Gasteiger partial charge in [0.25, 0.3) is 5.91 Å². The van der Waals surface area contributed by atoms with Gasteiger partial charge in [0.05, 0.1) is 0 Å². The quantitative estimate of drug-likeness (QED) is 0.885. The topological polar surface area (TPSA) is 58.1 Å². The molecule has 1 aromatic heterocycles. The highest BCUT2D eigenvalue weighted by atomic mass is 16.2. The highest BCUT2D eigenvalue weighted by Crippen LogP contribution is 2.23. The first-order valence-electron chi connectivity index (χ1n) is 9.77. The normalized spacial score (nSPS) is 15.6. The lowest BCUT2D eigenvalue weighted by Crippen LogP contribution is -2.39. The monoisotopic (exact) mass is 366 g/mol. The Kier molecular flexibility index (Phi) is 5.78. The fraction of sp³-hybridized carbons (Fsp3) is 0.500. The van der Waals surface area contributed by atoms with Gasteiger partial charge in [0, 0.05) is 24.3 Å². The van der Waals surface area contributed by atoms with Crippen molar-refractivity contribution < 1.29 is 4.79 Å². The molecule has 0 spiro atoms.